The summed E-state index contributed by atoms with van der Waals surface area (Å²) < 4.78 is 21.2. The van der Waals surface area contributed by atoms with Crippen LogP contribution in [-0.4, -0.2) is 50.4 Å². The normalized spacial score (nSPS) is 13.5. The van der Waals surface area contributed by atoms with Crippen molar-refractivity contribution in [3.63, 3.8) is 0 Å². The zero-order valence-corrected chi connectivity index (χ0v) is 19.1. The highest BCUT2D eigenvalue weighted by atomic mass is 16.5. The maximum Gasteiger partial charge on any atom is 0.317 e. The van der Waals surface area contributed by atoms with Crippen LogP contribution in [0.4, 0.5) is 0 Å². The van der Waals surface area contributed by atoms with Gasteiger partial charge in [0.15, 0.2) is 11.5 Å². The molecule has 0 aliphatic heterocycles. The summed E-state index contributed by atoms with van der Waals surface area (Å²) in [6.45, 7) is 8.21. The molecule has 3 atom stereocenters. The van der Waals surface area contributed by atoms with Gasteiger partial charge in [-0.1, -0.05) is 13.0 Å². The minimum atomic E-state index is -1.37. The Bertz CT molecular complexity index is 750. The largest absolute Gasteiger partial charge is 0.493 e. The molecular formula is C23H32O8. The summed E-state index contributed by atoms with van der Waals surface area (Å²) >= 11 is 0. The monoisotopic (exact) mass is 436 g/mol. The van der Waals surface area contributed by atoms with Crippen molar-refractivity contribution < 1.29 is 38.1 Å². The van der Waals surface area contributed by atoms with Crippen molar-refractivity contribution in [1.29, 1.82) is 0 Å². The van der Waals surface area contributed by atoms with Crippen molar-refractivity contribution in [3.8, 4) is 11.5 Å². The smallest absolute Gasteiger partial charge is 0.317 e. The van der Waals surface area contributed by atoms with E-state index in [-0.39, 0.29) is 13.2 Å². The number of Topliss-reactive ketones (excluding diaryl/α,β-unsaturated/α-hetero) is 2. The van der Waals surface area contributed by atoms with Gasteiger partial charge >= 0.3 is 11.9 Å². The average Bonchev–Trinajstić information content (AvgIpc) is 2.71. The average molecular weight is 437 g/mol. The molecule has 0 saturated heterocycles. The first-order valence-corrected chi connectivity index (χ1v) is 10.4. The van der Waals surface area contributed by atoms with Crippen LogP contribution in [0.1, 0.15) is 52.5 Å². The number of hydrogen-bond acceptors (Lipinski definition) is 8. The number of carbonyl (C=O) groups excluding carboxylic acids is 4. The molecule has 8 nitrogen and oxygen atoms in total. The van der Waals surface area contributed by atoms with Crippen molar-refractivity contribution in [3.05, 3.63) is 23.8 Å². The minimum absolute atomic E-state index is 0.0482. The molecule has 1 rings (SSSR count). The molecule has 0 amide bonds. The van der Waals surface area contributed by atoms with Gasteiger partial charge in [0.1, 0.15) is 23.4 Å². The summed E-state index contributed by atoms with van der Waals surface area (Å²) in [6, 6.07) is 4.81. The third kappa shape index (κ3) is 6.80. The Morgan fingerprint density at radius 3 is 1.74 bits per heavy atom. The zero-order chi connectivity index (χ0) is 23.6. The van der Waals surface area contributed by atoms with E-state index in [9.17, 15) is 19.2 Å². The summed E-state index contributed by atoms with van der Waals surface area (Å²) in [5.41, 5.74) is 0.391. The van der Waals surface area contributed by atoms with E-state index in [0.29, 0.717) is 23.7 Å². The van der Waals surface area contributed by atoms with Crippen molar-refractivity contribution in [2.45, 2.75) is 47.0 Å². The molecule has 0 aliphatic carbocycles. The van der Waals surface area contributed by atoms with E-state index in [2.05, 4.69) is 0 Å². The first kappa shape index (κ1) is 26.1. The number of rotatable bonds is 13. The summed E-state index contributed by atoms with van der Waals surface area (Å²) in [4.78, 5) is 50.5. The Morgan fingerprint density at radius 1 is 0.839 bits per heavy atom. The zero-order valence-electron chi connectivity index (χ0n) is 19.1. The van der Waals surface area contributed by atoms with Crippen LogP contribution in [0.15, 0.2) is 18.2 Å². The van der Waals surface area contributed by atoms with Crippen LogP contribution in [0.3, 0.4) is 0 Å². The lowest BCUT2D eigenvalue weighted by molar-refractivity contribution is -0.157. The topological polar surface area (TPSA) is 105 Å². The summed E-state index contributed by atoms with van der Waals surface area (Å²) in [6.07, 6.45) is 0.790. The van der Waals surface area contributed by atoms with E-state index in [4.69, 9.17) is 18.9 Å². The quantitative estimate of drug-likeness (QED) is 0.343. The number of carbonyl (C=O) groups is 4. The van der Waals surface area contributed by atoms with Gasteiger partial charge in [0.05, 0.1) is 26.9 Å². The maximum absolute atomic E-state index is 12.7. The Kier molecular flexibility index (Phi) is 10.7. The van der Waals surface area contributed by atoms with Crippen LogP contribution >= 0.6 is 0 Å². The first-order chi connectivity index (χ1) is 14.7. The van der Waals surface area contributed by atoms with Gasteiger partial charge in [-0.25, -0.2) is 0 Å². The van der Waals surface area contributed by atoms with E-state index in [1.807, 2.05) is 6.92 Å². The van der Waals surface area contributed by atoms with Gasteiger partial charge in [-0.2, -0.15) is 0 Å². The van der Waals surface area contributed by atoms with Crippen molar-refractivity contribution >= 4 is 23.5 Å². The van der Waals surface area contributed by atoms with E-state index in [0.717, 1.165) is 6.42 Å². The molecule has 0 saturated carbocycles. The fourth-order valence-electron chi connectivity index (χ4n) is 3.40. The summed E-state index contributed by atoms with van der Waals surface area (Å²) in [5, 5.41) is 0. The molecule has 0 heterocycles. The fraction of sp³-hybridized carbons (Fsp3) is 0.565. The molecule has 0 bridgehead atoms. The summed E-state index contributed by atoms with van der Waals surface area (Å²) in [7, 11) is 1.45. The van der Waals surface area contributed by atoms with Gasteiger partial charge in [-0.05, 0) is 51.8 Å². The van der Waals surface area contributed by atoms with Gasteiger partial charge in [-0.3, -0.25) is 19.2 Å². The van der Waals surface area contributed by atoms with Gasteiger partial charge in [0.25, 0.3) is 0 Å². The standard InChI is InChI=1S/C23H32O8/c1-7-12-31-17-11-10-16(13-18(17)28-6)21(19(14(4)24)22(26)29-8-2)20(15(5)25)23(27)30-9-3/h10-11,13,19-21H,7-9,12H2,1-6H3/t19-,20+,21?. The molecule has 31 heavy (non-hydrogen) atoms. The molecule has 8 heteroatoms. The number of benzene rings is 1. The van der Waals surface area contributed by atoms with Crippen molar-refractivity contribution in [1.82, 2.24) is 0 Å². The Balaban J connectivity index is 3.68. The second-order valence-corrected chi connectivity index (χ2v) is 6.97. The first-order valence-electron chi connectivity index (χ1n) is 10.4. The third-order valence-electron chi connectivity index (χ3n) is 4.71. The highest BCUT2D eigenvalue weighted by Crippen LogP contribution is 2.39. The number of esters is 2. The Labute approximate surface area is 183 Å². The predicted molar refractivity (Wildman–Crippen MR) is 113 cm³/mol. The van der Waals surface area contributed by atoms with Gasteiger partial charge in [0.2, 0.25) is 0 Å². The third-order valence-corrected chi connectivity index (χ3v) is 4.71. The van der Waals surface area contributed by atoms with E-state index in [1.54, 1.807) is 32.0 Å². The Hall–Kier alpha value is -2.90. The molecule has 0 spiro atoms. The van der Waals surface area contributed by atoms with Crippen LogP contribution in [0.5, 0.6) is 11.5 Å². The number of ether oxygens (including phenoxy) is 4. The molecule has 0 aliphatic rings. The molecule has 1 aromatic rings. The van der Waals surface area contributed by atoms with E-state index < -0.39 is 41.3 Å². The molecule has 0 radical (unpaired) electrons. The molecule has 0 N–H and O–H groups in total. The van der Waals surface area contributed by atoms with Crippen molar-refractivity contribution in [2.75, 3.05) is 26.9 Å². The lowest BCUT2D eigenvalue weighted by Gasteiger charge is -2.29. The molecule has 0 fully saturated rings. The SMILES string of the molecule is CCCOc1ccc(C([C@H](C(C)=O)C(=O)OCC)[C@@H](C(C)=O)C(=O)OCC)cc1OC. The highest BCUT2D eigenvalue weighted by molar-refractivity contribution is 6.04. The van der Waals surface area contributed by atoms with Crippen LogP contribution in [-0.2, 0) is 28.7 Å². The van der Waals surface area contributed by atoms with Crippen molar-refractivity contribution in [2.24, 2.45) is 11.8 Å². The molecular weight excluding hydrogens is 404 g/mol. The Morgan fingerprint density at radius 2 is 1.35 bits per heavy atom. The van der Waals surface area contributed by atoms with Crippen LogP contribution in [0, 0.1) is 11.8 Å². The lowest BCUT2D eigenvalue weighted by Crippen LogP contribution is -2.40. The van der Waals surface area contributed by atoms with Crippen LogP contribution < -0.4 is 9.47 Å². The molecule has 1 aromatic carbocycles. The predicted octanol–water partition coefficient (Wildman–Crippen LogP) is 3.10. The lowest BCUT2D eigenvalue weighted by atomic mass is 9.73. The molecule has 0 aromatic heterocycles. The van der Waals surface area contributed by atoms with Gasteiger partial charge in [-0.15, -0.1) is 0 Å². The van der Waals surface area contributed by atoms with Crippen LogP contribution in [0.25, 0.3) is 0 Å². The van der Waals surface area contributed by atoms with E-state index in [1.165, 1.54) is 21.0 Å². The fourth-order valence-corrected chi connectivity index (χ4v) is 3.40. The maximum atomic E-state index is 12.7. The summed E-state index contributed by atoms with van der Waals surface area (Å²) in [5.74, 6) is -5.70. The number of ketones is 2. The second-order valence-electron chi connectivity index (χ2n) is 6.97. The number of methoxy groups -OCH3 is 1. The van der Waals surface area contributed by atoms with Gasteiger partial charge in [0, 0.05) is 5.92 Å². The van der Waals surface area contributed by atoms with E-state index >= 15 is 0 Å². The van der Waals surface area contributed by atoms with Gasteiger partial charge < -0.3 is 18.9 Å². The molecule has 172 valence electrons. The highest BCUT2D eigenvalue weighted by Gasteiger charge is 2.45. The number of hydrogen-bond donors (Lipinski definition) is 0. The molecule has 1 unspecified atom stereocenters. The minimum Gasteiger partial charge on any atom is -0.493 e. The second kappa shape index (κ2) is 12.7. The van der Waals surface area contributed by atoms with Crippen LogP contribution in [0.2, 0.25) is 0 Å².